The van der Waals surface area contributed by atoms with E-state index in [0.717, 1.165) is 10.9 Å². The highest BCUT2D eigenvalue weighted by Crippen LogP contribution is 2.27. The van der Waals surface area contributed by atoms with E-state index in [9.17, 15) is 13.6 Å². The molecule has 0 atom stereocenters. The highest BCUT2D eigenvalue weighted by molar-refractivity contribution is 7.14. The Bertz CT molecular complexity index is 857. The molecule has 3 aromatic rings. The average molecular weight is 348 g/mol. The highest BCUT2D eigenvalue weighted by Gasteiger charge is 2.11. The van der Waals surface area contributed by atoms with Gasteiger partial charge in [0.25, 0.3) is 0 Å². The van der Waals surface area contributed by atoms with Crippen LogP contribution in [0.25, 0.3) is 17.3 Å². The summed E-state index contributed by atoms with van der Waals surface area (Å²) >= 11 is 2.70. The van der Waals surface area contributed by atoms with Crippen LogP contribution in [0.4, 0.5) is 13.9 Å². The predicted molar refractivity (Wildman–Crippen MR) is 89.4 cm³/mol. The van der Waals surface area contributed by atoms with Gasteiger partial charge in [0.1, 0.15) is 11.6 Å². The number of nitrogens with one attached hydrogen (secondary N) is 1. The molecule has 0 bridgehead atoms. The van der Waals surface area contributed by atoms with E-state index in [2.05, 4.69) is 10.3 Å². The van der Waals surface area contributed by atoms with Crippen molar-refractivity contribution in [1.29, 1.82) is 0 Å². The highest BCUT2D eigenvalue weighted by atomic mass is 32.1. The minimum Gasteiger partial charge on any atom is -0.298 e. The molecule has 1 N–H and O–H groups in total. The van der Waals surface area contributed by atoms with Crippen LogP contribution in [0.15, 0.2) is 47.2 Å². The number of aromatic nitrogens is 1. The number of carbonyl (C=O) groups excluding carboxylic acids is 1. The van der Waals surface area contributed by atoms with Crippen molar-refractivity contribution in [2.75, 3.05) is 5.32 Å². The molecule has 0 aliphatic heterocycles. The van der Waals surface area contributed by atoms with E-state index in [1.54, 1.807) is 11.5 Å². The summed E-state index contributed by atoms with van der Waals surface area (Å²) in [5, 5.41) is 6.49. The molecule has 1 aromatic carbocycles. The van der Waals surface area contributed by atoms with Crippen molar-refractivity contribution in [2.45, 2.75) is 0 Å². The van der Waals surface area contributed by atoms with Crippen LogP contribution in [0.3, 0.4) is 0 Å². The van der Waals surface area contributed by atoms with E-state index < -0.39 is 11.6 Å². The van der Waals surface area contributed by atoms with E-state index >= 15 is 0 Å². The van der Waals surface area contributed by atoms with Crippen molar-refractivity contribution in [3.05, 3.63) is 63.7 Å². The molecule has 0 saturated carbocycles. The van der Waals surface area contributed by atoms with Gasteiger partial charge in [0.15, 0.2) is 5.13 Å². The number of rotatable bonds is 4. The fourth-order valence-electron chi connectivity index (χ4n) is 1.84. The second-order valence-corrected chi connectivity index (χ2v) is 6.34. The van der Waals surface area contributed by atoms with E-state index in [-0.39, 0.29) is 11.5 Å². The van der Waals surface area contributed by atoms with Crippen molar-refractivity contribution in [3.63, 3.8) is 0 Å². The van der Waals surface area contributed by atoms with Gasteiger partial charge in [-0.3, -0.25) is 10.1 Å². The summed E-state index contributed by atoms with van der Waals surface area (Å²) in [5.41, 5.74) is 0.544. The van der Waals surface area contributed by atoms with Crippen LogP contribution in [-0.4, -0.2) is 10.9 Å². The number of amides is 1. The minimum atomic E-state index is -0.689. The van der Waals surface area contributed by atoms with Crippen LogP contribution >= 0.6 is 22.7 Å². The second-order valence-electron chi connectivity index (χ2n) is 4.50. The topological polar surface area (TPSA) is 42.0 Å². The number of anilines is 1. The zero-order valence-corrected chi connectivity index (χ0v) is 13.3. The standard InChI is InChI=1S/C16H10F2N2OS2/c17-10-3-5-12(13(18)8-10)14-9-23-16(19-14)20-15(21)6-4-11-2-1-7-22-11/h1-9H,(H,19,20,21)/b6-4+. The third kappa shape index (κ3) is 3.88. The lowest BCUT2D eigenvalue weighted by Gasteiger charge is -1.99. The first-order chi connectivity index (χ1) is 11.1. The summed E-state index contributed by atoms with van der Waals surface area (Å²) in [6, 6.07) is 7.08. The molecule has 23 heavy (non-hydrogen) atoms. The molecule has 0 radical (unpaired) electrons. The Morgan fingerprint density at radius 2 is 2.09 bits per heavy atom. The number of hydrogen-bond acceptors (Lipinski definition) is 4. The van der Waals surface area contributed by atoms with Crippen molar-refractivity contribution >= 4 is 39.8 Å². The Hall–Kier alpha value is -2.38. The van der Waals surface area contributed by atoms with Gasteiger partial charge < -0.3 is 0 Å². The zero-order valence-electron chi connectivity index (χ0n) is 11.6. The number of hydrogen-bond donors (Lipinski definition) is 1. The molecule has 0 saturated heterocycles. The lowest BCUT2D eigenvalue weighted by atomic mass is 10.1. The molecule has 0 aliphatic carbocycles. The Labute approximate surface area is 138 Å². The van der Waals surface area contributed by atoms with Crippen molar-refractivity contribution < 1.29 is 13.6 Å². The lowest BCUT2D eigenvalue weighted by molar-refractivity contribution is -0.111. The van der Waals surface area contributed by atoms with Gasteiger partial charge >= 0.3 is 0 Å². The van der Waals surface area contributed by atoms with Gasteiger partial charge in [0.2, 0.25) is 5.91 Å². The van der Waals surface area contributed by atoms with Crippen molar-refractivity contribution in [1.82, 2.24) is 4.98 Å². The second kappa shape index (κ2) is 6.80. The number of thiazole rings is 1. The van der Waals surface area contributed by atoms with E-state index in [1.165, 1.54) is 40.9 Å². The summed E-state index contributed by atoms with van der Waals surface area (Å²) in [6.45, 7) is 0. The third-order valence-electron chi connectivity index (χ3n) is 2.88. The molecule has 116 valence electrons. The zero-order chi connectivity index (χ0) is 16.2. The summed E-state index contributed by atoms with van der Waals surface area (Å²) < 4.78 is 26.6. The quantitative estimate of drug-likeness (QED) is 0.688. The first-order valence-electron chi connectivity index (χ1n) is 6.55. The minimum absolute atomic E-state index is 0.192. The molecule has 3 nitrogen and oxygen atoms in total. The monoisotopic (exact) mass is 348 g/mol. The molecule has 0 aliphatic rings. The van der Waals surface area contributed by atoms with E-state index in [4.69, 9.17) is 0 Å². The maximum atomic E-state index is 13.7. The molecule has 0 spiro atoms. The smallest absolute Gasteiger partial charge is 0.250 e. The Balaban J connectivity index is 1.71. The fourth-order valence-corrected chi connectivity index (χ4v) is 3.17. The van der Waals surface area contributed by atoms with Gasteiger partial charge in [-0.05, 0) is 29.7 Å². The largest absolute Gasteiger partial charge is 0.298 e. The van der Waals surface area contributed by atoms with Gasteiger partial charge in [-0.2, -0.15) is 0 Å². The summed E-state index contributed by atoms with van der Waals surface area (Å²) in [7, 11) is 0. The van der Waals surface area contributed by atoms with Gasteiger partial charge in [-0.1, -0.05) is 6.07 Å². The van der Waals surface area contributed by atoms with Crippen molar-refractivity contribution in [2.24, 2.45) is 0 Å². The number of halogens is 2. The Morgan fingerprint density at radius 3 is 2.83 bits per heavy atom. The third-order valence-corrected chi connectivity index (χ3v) is 4.48. The van der Waals surface area contributed by atoms with Crippen LogP contribution in [0.2, 0.25) is 0 Å². The summed E-state index contributed by atoms with van der Waals surface area (Å²) in [4.78, 5) is 16.9. The summed E-state index contributed by atoms with van der Waals surface area (Å²) in [5.74, 6) is -1.65. The van der Waals surface area contributed by atoms with Crippen LogP contribution in [0.5, 0.6) is 0 Å². The first-order valence-corrected chi connectivity index (χ1v) is 8.31. The van der Waals surface area contributed by atoms with Crippen molar-refractivity contribution in [3.8, 4) is 11.3 Å². The fraction of sp³-hybridized carbons (Fsp3) is 0. The van der Waals surface area contributed by atoms with E-state index in [1.807, 2.05) is 17.5 Å². The molecule has 0 fully saturated rings. The molecule has 2 heterocycles. The number of nitrogens with zero attached hydrogens (tertiary/aromatic N) is 1. The van der Waals surface area contributed by atoms with E-state index in [0.29, 0.717) is 10.8 Å². The molecule has 0 unspecified atom stereocenters. The van der Waals surface area contributed by atoms with Gasteiger partial charge in [0.05, 0.1) is 5.69 Å². The van der Waals surface area contributed by atoms with Gasteiger partial charge in [-0.25, -0.2) is 13.8 Å². The number of benzene rings is 1. The number of carbonyl (C=O) groups is 1. The molecule has 2 aromatic heterocycles. The molecular weight excluding hydrogens is 338 g/mol. The maximum absolute atomic E-state index is 13.7. The first kappa shape index (κ1) is 15.5. The molecule has 7 heteroatoms. The molecular formula is C16H10F2N2OS2. The molecule has 3 rings (SSSR count). The maximum Gasteiger partial charge on any atom is 0.250 e. The van der Waals surface area contributed by atoms with Gasteiger partial charge in [0, 0.05) is 28.0 Å². The lowest BCUT2D eigenvalue weighted by Crippen LogP contribution is -2.07. The normalized spacial score (nSPS) is 11.0. The Kier molecular flexibility index (Phi) is 4.59. The number of thiophene rings is 1. The molecule has 1 amide bonds. The van der Waals surface area contributed by atoms with Crippen LogP contribution in [0.1, 0.15) is 4.88 Å². The van der Waals surface area contributed by atoms with Crippen LogP contribution in [-0.2, 0) is 4.79 Å². The average Bonchev–Trinajstić information content (AvgIpc) is 3.17. The SMILES string of the molecule is O=C(/C=C/c1cccs1)Nc1nc(-c2ccc(F)cc2F)cs1. The van der Waals surface area contributed by atoms with Crippen LogP contribution < -0.4 is 5.32 Å². The predicted octanol–water partition coefficient (Wildman–Crippen LogP) is 4.80. The Morgan fingerprint density at radius 1 is 1.22 bits per heavy atom. The van der Waals surface area contributed by atoms with Gasteiger partial charge in [-0.15, -0.1) is 22.7 Å². The summed E-state index contributed by atoms with van der Waals surface area (Å²) in [6.07, 6.45) is 3.11. The van der Waals surface area contributed by atoms with Crippen LogP contribution in [0, 0.1) is 11.6 Å².